The van der Waals surface area contributed by atoms with Gasteiger partial charge in [-0.25, -0.2) is 0 Å². The summed E-state index contributed by atoms with van der Waals surface area (Å²) in [6.45, 7) is 7.02. The van der Waals surface area contributed by atoms with Gasteiger partial charge in [0.1, 0.15) is 6.54 Å². The number of hydrogen-bond donors (Lipinski definition) is 0. The maximum absolute atomic E-state index is 12.5. The molecule has 0 atom stereocenters. The Balaban J connectivity index is 2.28. The highest BCUT2D eigenvalue weighted by atomic mass is 16.6. The fourth-order valence-corrected chi connectivity index (χ4v) is 2.93. The van der Waals surface area contributed by atoms with Crippen molar-refractivity contribution in [1.29, 1.82) is 0 Å². The third-order valence-corrected chi connectivity index (χ3v) is 3.86. The molecule has 8 heteroatoms. The van der Waals surface area contributed by atoms with E-state index in [2.05, 4.69) is 0 Å². The van der Waals surface area contributed by atoms with E-state index in [1.165, 1.54) is 12.1 Å². The summed E-state index contributed by atoms with van der Waals surface area (Å²) in [5.41, 5.74) is -0.226. The third kappa shape index (κ3) is 2.99. The Bertz CT molecular complexity index is 718. The Kier molecular flexibility index (Phi) is 4.68. The molecule has 0 fully saturated rings. The number of amides is 3. The monoisotopic (exact) mass is 333 g/mol. The van der Waals surface area contributed by atoms with Crippen LogP contribution in [0.25, 0.3) is 0 Å². The molecule has 2 rings (SSSR count). The van der Waals surface area contributed by atoms with Crippen LogP contribution in [0.15, 0.2) is 18.2 Å². The van der Waals surface area contributed by atoms with Crippen LogP contribution in [-0.4, -0.2) is 51.1 Å². The highest BCUT2D eigenvalue weighted by molar-refractivity contribution is 6.22. The average molecular weight is 333 g/mol. The van der Waals surface area contributed by atoms with Crippen LogP contribution in [0.1, 0.15) is 48.4 Å². The molecule has 0 unspecified atom stereocenters. The number of nitro benzene ring substituents is 1. The van der Waals surface area contributed by atoms with Gasteiger partial charge in [-0.1, -0.05) is 0 Å². The molecule has 24 heavy (non-hydrogen) atoms. The zero-order valence-electron chi connectivity index (χ0n) is 14.0. The van der Waals surface area contributed by atoms with Crippen LogP contribution in [0.3, 0.4) is 0 Å². The molecule has 1 aliphatic heterocycles. The molecule has 3 amide bonds. The number of rotatable bonds is 5. The average Bonchev–Trinajstić information content (AvgIpc) is 2.71. The van der Waals surface area contributed by atoms with E-state index in [-0.39, 0.29) is 41.3 Å². The van der Waals surface area contributed by atoms with Gasteiger partial charge in [0.25, 0.3) is 17.5 Å². The second-order valence-electron chi connectivity index (χ2n) is 6.17. The van der Waals surface area contributed by atoms with Crippen molar-refractivity contribution < 1.29 is 19.3 Å². The maximum Gasteiger partial charge on any atom is 0.270 e. The summed E-state index contributed by atoms with van der Waals surface area (Å²) in [6.07, 6.45) is 0. The minimum Gasteiger partial charge on any atom is -0.336 e. The number of fused-ring (bicyclic) bond motifs is 1. The second-order valence-corrected chi connectivity index (χ2v) is 6.17. The van der Waals surface area contributed by atoms with Gasteiger partial charge in [0.05, 0.1) is 16.1 Å². The van der Waals surface area contributed by atoms with Gasteiger partial charge < -0.3 is 4.90 Å². The number of non-ortho nitro benzene ring substituents is 1. The molecular weight excluding hydrogens is 314 g/mol. The fourth-order valence-electron chi connectivity index (χ4n) is 2.93. The molecule has 1 aromatic carbocycles. The Morgan fingerprint density at radius 1 is 1.12 bits per heavy atom. The molecule has 0 N–H and O–H groups in total. The van der Waals surface area contributed by atoms with Gasteiger partial charge in [-0.15, -0.1) is 0 Å². The first kappa shape index (κ1) is 17.6. The summed E-state index contributed by atoms with van der Waals surface area (Å²) in [4.78, 5) is 49.8. The molecule has 1 aliphatic rings. The summed E-state index contributed by atoms with van der Waals surface area (Å²) in [5, 5.41) is 10.8. The lowest BCUT2D eigenvalue weighted by atomic mass is 10.1. The quantitative estimate of drug-likeness (QED) is 0.465. The summed E-state index contributed by atoms with van der Waals surface area (Å²) < 4.78 is 0. The highest BCUT2D eigenvalue weighted by Crippen LogP contribution is 2.27. The summed E-state index contributed by atoms with van der Waals surface area (Å²) in [7, 11) is 0. The van der Waals surface area contributed by atoms with E-state index in [0.717, 1.165) is 11.0 Å². The molecule has 1 heterocycles. The first-order valence-corrected chi connectivity index (χ1v) is 7.61. The molecule has 0 spiro atoms. The topological polar surface area (TPSA) is 101 Å². The molecular formula is C16H19N3O5. The largest absolute Gasteiger partial charge is 0.336 e. The van der Waals surface area contributed by atoms with Crippen LogP contribution in [0, 0.1) is 10.1 Å². The Labute approximate surface area is 139 Å². The molecule has 0 aromatic heterocycles. The lowest BCUT2D eigenvalue weighted by molar-refractivity contribution is -0.384. The van der Waals surface area contributed by atoms with Crippen molar-refractivity contribution in [2.45, 2.75) is 39.8 Å². The molecule has 8 nitrogen and oxygen atoms in total. The van der Waals surface area contributed by atoms with Gasteiger partial charge in [-0.3, -0.25) is 29.4 Å². The lowest BCUT2D eigenvalue weighted by Gasteiger charge is -2.32. The van der Waals surface area contributed by atoms with Crippen molar-refractivity contribution >= 4 is 23.4 Å². The SMILES string of the molecule is CC(C)N(C(=O)CN1C(=O)c2ccc([N+](=O)[O-])cc2C1=O)C(C)C. The van der Waals surface area contributed by atoms with Crippen molar-refractivity contribution in [3.8, 4) is 0 Å². The second kappa shape index (κ2) is 6.38. The standard InChI is InChI=1S/C16H19N3O5/c1-9(2)18(10(3)4)14(20)8-17-15(21)12-6-5-11(19(23)24)7-13(12)16(17)22/h5-7,9-10H,8H2,1-4H3. The zero-order valence-corrected chi connectivity index (χ0v) is 14.0. The van der Waals surface area contributed by atoms with Crippen LogP contribution < -0.4 is 0 Å². The van der Waals surface area contributed by atoms with E-state index in [4.69, 9.17) is 0 Å². The molecule has 0 aliphatic carbocycles. The number of imide groups is 1. The number of carbonyl (C=O) groups excluding carboxylic acids is 3. The van der Waals surface area contributed by atoms with E-state index in [1.807, 2.05) is 27.7 Å². The van der Waals surface area contributed by atoms with Gasteiger partial charge in [0.15, 0.2) is 0 Å². The van der Waals surface area contributed by atoms with E-state index in [9.17, 15) is 24.5 Å². The number of carbonyl (C=O) groups is 3. The third-order valence-electron chi connectivity index (χ3n) is 3.86. The summed E-state index contributed by atoms with van der Waals surface area (Å²) >= 11 is 0. The van der Waals surface area contributed by atoms with Crippen LogP contribution in [0.2, 0.25) is 0 Å². The summed E-state index contributed by atoms with van der Waals surface area (Å²) in [6, 6.07) is 3.34. The molecule has 0 bridgehead atoms. The number of hydrogen-bond acceptors (Lipinski definition) is 5. The van der Waals surface area contributed by atoms with Crippen LogP contribution in [-0.2, 0) is 4.79 Å². The molecule has 1 aromatic rings. The van der Waals surface area contributed by atoms with Crippen LogP contribution in [0.4, 0.5) is 5.69 Å². The van der Waals surface area contributed by atoms with Crippen molar-refractivity contribution in [2.24, 2.45) is 0 Å². The minimum absolute atomic E-state index is 0.0392. The smallest absolute Gasteiger partial charge is 0.270 e. The summed E-state index contributed by atoms with van der Waals surface area (Å²) in [5.74, 6) is -1.63. The Hall–Kier alpha value is -2.77. The van der Waals surface area contributed by atoms with E-state index in [1.54, 1.807) is 4.90 Å². The molecule has 128 valence electrons. The zero-order chi connectivity index (χ0) is 18.2. The van der Waals surface area contributed by atoms with Crippen molar-refractivity contribution in [1.82, 2.24) is 9.80 Å². The highest BCUT2D eigenvalue weighted by Gasteiger charge is 2.38. The van der Waals surface area contributed by atoms with Gasteiger partial charge in [-0.05, 0) is 33.8 Å². The normalized spacial score (nSPS) is 13.7. The van der Waals surface area contributed by atoms with Crippen LogP contribution >= 0.6 is 0 Å². The van der Waals surface area contributed by atoms with Gasteiger partial charge >= 0.3 is 0 Å². The van der Waals surface area contributed by atoms with Crippen molar-refractivity contribution in [3.05, 3.63) is 39.4 Å². The fraction of sp³-hybridized carbons (Fsp3) is 0.438. The first-order valence-electron chi connectivity index (χ1n) is 7.61. The van der Waals surface area contributed by atoms with Gasteiger partial charge in [0.2, 0.25) is 5.91 Å². The van der Waals surface area contributed by atoms with Gasteiger partial charge in [-0.2, -0.15) is 0 Å². The van der Waals surface area contributed by atoms with Crippen LogP contribution in [0.5, 0.6) is 0 Å². The maximum atomic E-state index is 12.5. The Morgan fingerprint density at radius 3 is 2.17 bits per heavy atom. The molecule has 0 radical (unpaired) electrons. The number of nitro groups is 1. The predicted octanol–water partition coefficient (Wildman–Crippen LogP) is 1.84. The van der Waals surface area contributed by atoms with Gasteiger partial charge in [0, 0.05) is 24.2 Å². The Morgan fingerprint density at radius 2 is 1.67 bits per heavy atom. The van der Waals surface area contributed by atoms with E-state index >= 15 is 0 Å². The lowest BCUT2D eigenvalue weighted by Crippen LogP contribution is -2.48. The number of benzene rings is 1. The van der Waals surface area contributed by atoms with Crippen molar-refractivity contribution in [3.63, 3.8) is 0 Å². The first-order chi connectivity index (χ1) is 11.1. The van der Waals surface area contributed by atoms with E-state index in [0.29, 0.717) is 0 Å². The number of nitrogens with zero attached hydrogens (tertiary/aromatic N) is 3. The predicted molar refractivity (Wildman–Crippen MR) is 85.6 cm³/mol. The minimum atomic E-state index is -0.681. The van der Waals surface area contributed by atoms with E-state index < -0.39 is 16.7 Å². The molecule has 0 saturated heterocycles. The van der Waals surface area contributed by atoms with Crippen molar-refractivity contribution in [2.75, 3.05) is 6.54 Å². The molecule has 0 saturated carbocycles.